The Bertz CT molecular complexity index is 1560. The highest BCUT2D eigenvalue weighted by Crippen LogP contribution is 2.18. The van der Waals surface area contributed by atoms with Crippen LogP contribution in [0.25, 0.3) is 16.9 Å². The van der Waals surface area contributed by atoms with Crippen LogP contribution in [0.15, 0.2) is 94.8 Å². The number of nitrogens with zero attached hydrogens (tertiary/aromatic N) is 4. The fourth-order valence-corrected chi connectivity index (χ4v) is 4.02. The van der Waals surface area contributed by atoms with Crippen LogP contribution in [0.2, 0.25) is 0 Å². The van der Waals surface area contributed by atoms with Crippen LogP contribution in [0.3, 0.4) is 0 Å². The van der Waals surface area contributed by atoms with Gasteiger partial charge in [-0.3, -0.25) is 9.36 Å². The summed E-state index contributed by atoms with van der Waals surface area (Å²) in [5, 5.41) is 0. The average molecular weight is 440 g/mol. The van der Waals surface area contributed by atoms with Gasteiger partial charge >= 0.3 is 5.69 Å². The van der Waals surface area contributed by atoms with Crippen molar-refractivity contribution in [2.45, 2.75) is 20.0 Å². The molecule has 2 aromatic heterocycles. The number of imidazole rings is 1. The molecule has 0 fully saturated rings. The lowest BCUT2D eigenvalue weighted by atomic mass is 10.2. The molecule has 3 aromatic carbocycles. The van der Waals surface area contributed by atoms with Crippen LogP contribution in [-0.4, -0.2) is 18.7 Å². The first-order valence-electron chi connectivity index (χ1n) is 10.6. The van der Waals surface area contributed by atoms with E-state index in [0.29, 0.717) is 23.4 Å². The summed E-state index contributed by atoms with van der Waals surface area (Å²) in [5.41, 5.74) is 2.97. The third kappa shape index (κ3) is 3.78. The maximum atomic E-state index is 13.6. The standard InChI is InChI=1S/C26H21FN4O2/c1-18-7-5-6-10-22(18)31-24-23(29(17-28-24)15-20-11-13-21(27)14-12-20)25(32)30(26(31)33)16-19-8-3-2-4-9-19/h2-14,17H,15-16H2,1H3. The molecule has 0 amide bonds. The Morgan fingerprint density at radius 1 is 0.818 bits per heavy atom. The fraction of sp³-hybridized carbons (Fsp3) is 0.115. The molecule has 2 heterocycles. The van der Waals surface area contributed by atoms with Crippen molar-refractivity contribution in [2.24, 2.45) is 0 Å². The van der Waals surface area contributed by atoms with Gasteiger partial charge in [0, 0.05) is 6.54 Å². The van der Waals surface area contributed by atoms with Gasteiger partial charge in [0.1, 0.15) is 5.82 Å². The summed E-state index contributed by atoms with van der Waals surface area (Å²) in [6, 6.07) is 23.0. The van der Waals surface area contributed by atoms with Gasteiger partial charge in [-0.25, -0.2) is 18.7 Å². The van der Waals surface area contributed by atoms with E-state index >= 15 is 0 Å². The van der Waals surface area contributed by atoms with Gasteiger partial charge in [0.15, 0.2) is 11.2 Å². The SMILES string of the molecule is Cc1ccccc1-n1c(=O)n(Cc2ccccc2)c(=O)c2c1ncn2Cc1ccc(F)cc1. The average Bonchev–Trinajstić information content (AvgIpc) is 3.23. The van der Waals surface area contributed by atoms with E-state index in [0.717, 1.165) is 16.7 Å². The van der Waals surface area contributed by atoms with E-state index in [1.165, 1.54) is 21.3 Å². The van der Waals surface area contributed by atoms with Crippen LogP contribution in [-0.2, 0) is 13.1 Å². The molecular formula is C26H21FN4O2. The van der Waals surface area contributed by atoms with Crippen molar-refractivity contribution in [2.75, 3.05) is 0 Å². The summed E-state index contributed by atoms with van der Waals surface area (Å²) in [6.45, 7) is 2.38. The Labute approximate surface area is 188 Å². The van der Waals surface area contributed by atoms with Crippen molar-refractivity contribution in [3.63, 3.8) is 0 Å². The predicted octanol–water partition coefficient (Wildman–Crippen LogP) is 3.89. The van der Waals surface area contributed by atoms with Crippen molar-refractivity contribution < 1.29 is 4.39 Å². The van der Waals surface area contributed by atoms with E-state index in [4.69, 9.17) is 0 Å². The molecule has 0 saturated carbocycles. The van der Waals surface area contributed by atoms with Crippen LogP contribution < -0.4 is 11.2 Å². The van der Waals surface area contributed by atoms with Crippen molar-refractivity contribution >= 4 is 11.2 Å². The summed E-state index contributed by atoms with van der Waals surface area (Å²) in [6.07, 6.45) is 1.55. The zero-order valence-corrected chi connectivity index (χ0v) is 18.0. The third-order valence-electron chi connectivity index (χ3n) is 5.71. The molecule has 0 saturated heterocycles. The second kappa shape index (κ2) is 8.35. The van der Waals surface area contributed by atoms with Crippen LogP contribution in [0.4, 0.5) is 4.39 Å². The highest BCUT2D eigenvalue weighted by atomic mass is 19.1. The molecule has 5 aromatic rings. The highest BCUT2D eigenvalue weighted by molar-refractivity contribution is 5.73. The molecule has 0 radical (unpaired) electrons. The molecule has 33 heavy (non-hydrogen) atoms. The lowest BCUT2D eigenvalue weighted by Crippen LogP contribution is -2.40. The van der Waals surface area contributed by atoms with Gasteiger partial charge in [0.05, 0.1) is 18.6 Å². The minimum absolute atomic E-state index is 0.141. The van der Waals surface area contributed by atoms with Crippen LogP contribution in [0.5, 0.6) is 0 Å². The van der Waals surface area contributed by atoms with E-state index < -0.39 is 11.2 Å². The van der Waals surface area contributed by atoms with Crippen molar-refractivity contribution in [3.05, 3.63) is 129 Å². The molecule has 7 heteroatoms. The molecule has 0 unspecified atom stereocenters. The summed E-state index contributed by atoms with van der Waals surface area (Å²) >= 11 is 0. The number of hydrogen-bond donors (Lipinski definition) is 0. The molecule has 0 aliphatic carbocycles. The Kier molecular flexibility index (Phi) is 5.22. The quantitative estimate of drug-likeness (QED) is 0.417. The van der Waals surface area contributed by atoms with Crippen LogP contribution >= 0.6 is 0 Å². The van der Waals surface area contributed by atoms with Crippen molar-refractivity contribution in [1.29, 1.82) is 0 Å². The molecule has 0 atom stereocenters. The maximum Gasteiger partial charge on any atom is 0.337 e. The number of para-hydroxylation sites is 1. The van der Waals surface area contributed by atoms with Gasteiger partial charge < -0.3 is 4.57 Å². The number of hydrogen-bond acceptors (Lipinski definition) is 3. The van der Waals surface area contributed by atoms with Crippen molar-refractivity contribution in [1.82, 2.24) is 18.7 Å². The zero-order valence-electron chi connectivity index (χ0n) is 18.0. The lowest BCUT2D eigenvalue weighted by Gasteiger charge is -2.14. The third-order valence-corrected chi connectivity index (χ3v) is 5.71. The van der Waals surface area contributed by atoms with E-state index in [1.807, 2.05) is 61.5 Å². The van der Waals surface area contributed by atoms with Gasteiger partial charge in [-0.2, -0.15) is 0 Å². The zero-order chi connectivity index (χ0) is 22.9. The second-order valence-electron chi connectivity index (χ2n) is 7.95. The first kappa shape index (κ1) is 20.6. The number of fused-ring (bicyclic) bond motifs is 1. The van der Waals surface area contributed by atoms with Gasteiger partial charge in [-0.05, 0) is 41.8 Å². The summed E-state index contributed by atoms with van der Waals surface area (Å²) in [7, 11) is 0. The van der Waals surface area contributed by atoms with E-state index in [9.17, 15) is 14.0 Å². The molecule has 0 spiro atoms. The lowest BCUT2D eigenvalue weighted by molar-refractivity contribution is 0.626. The predicted molar refractivity (Wildman–Crippen MR) is 125 cm³/mol. The number of rotatable bonds is 5. The number of benzene rings is 3. The molecular weight excluding hydrogens is 419 g/mol. The molecule has 164 valence electrons. The fourth-order valence-electron chi connectivity index (χ4n) is 4.02. The van der Waals surface area contributed by atoms with Crippen LogP contribution in [0.1, 0.15) is 16.7 Å². The molecule has 6 nitrogen and oxygen atoms in total. The minimum atomic E-state index is -0.447. The van der Waals surface area contributed by atoms with E-state index in [-0.39, 0.29) is 12.4 Å². The first-order valence-corrected chi connectivity index (χ1v) is 10.6. The number of aromatic nitrogens is 4. The van der Waals surface area contributed by atoms with Crippen molar-refractivity contribution in [3.8, 4) is 5.69 Å². The van der Waals surface area contributed by atoms with E-state index in [1.54, 1.807) is 23.0 Å². The normalized spacial score (nSPS) is 11.2. The highest BCUT2D eigenvalue weighted by Gasteiger charge is 2.20. The monoisotopic (exact) mass is 440 g/mol. The van der Waals surface area contributed by atoms with Gasteiger partial charge in [0.25, 0.3) is 5.56 Å². The molecule has 5 rings (SSSR count). The largest absolute Gasteiger partial charge is 0.337 e. The van der Waals surface area contributed by atoms with Crippen LogP contribution in [0, 0.1) is 12.7 Å². The smallest absolute Gasteiger partial charge is 0.320 e. The number of halogens is 1. The first-order chi connectivity index (χ1) is 16.0. The molecule has 0 N–H and O–H groups in total. The van der Waals surface area contributed by atoms with Gasteiger partial charge in [-0.15, -0.1) is 0 Å². The van der Waals surface area contributed by atoms with E-state index in [2.05, 4.69) is 4.98 Å². The summed E-state index contributed by atoms with van der Waals surface area (Å²) in [4.78, 5) is 31.6. The molecule has 0 bridgehead atoms. The molecule has 0 aliphatic heterocycles. The maximum absolute atomic E-state index is 13.6. The Morgan fingerprint density at radius 3 is 2.21 bits per heavy atom. The topological polar surface area (TPSA) is 61.8 Å². The van der Waals surface area contributed by atoms with Gasteiger partial charge in [-0.1, -0.05) is 60.7 Å². The minimum Gasteiger partial charge on any atom is -0.320 e. The Balaban J connectivity index is 1.77. The van der Waals surface area contributed by atoms with Gasteiger partial charge in [0.2, 0.25) is 0 Å². The summed E-state index contributed by atoms with van der Waals surface area (Å²) in [5.74, 6) is -0.326. The molecule has 0 aliphatic rings. The second-order valence-corrected chi connectivity index (χ2v) is 7.95. The number of aryl methyl sites for hydroxylation is 1. The Hall–Kier alpha value is -4.26. The summed E-state index contributed by atoms with van der Waals surface area (Å²) < 4.78 is 17.8. The Morgan fingerprint density at radius 2 is 1.48 bits per heavy atom.